The van der Waals surface area contributed by atoms with E-state index in [9.17, 15) is 13.2 Å². The highest BCUT2D eigenvalue weighted by Gasteiger charge is 2.35. The van der Waals surface area contributed by atoms with Gasteiger partial charge in [0.15, 0.2) is 9.84 Å². The molecule has 2 rings (SSSR count). The van der Waals surface area contributed by atoms with Gasteiger partial charge >= 0.3 is 6.09 Å². The molecule has 0 aromatic heterocycles. The number of rotatable bonds is 2. The Morgan fingerprint density at radius 2 is 1.87 bits per heavy atom. The second-order valence-electron chi connectivity index (χ2n) is 6.69. The van der Waals surface area contributed by atoms with Gasteiger partial charge in [0, 0.05) is 16.7 Å². The molecule has 1 amide bonds. The van der Waals surface area contributed by atoms with Crippen LogP contribution in [-0.2, 0) is 14.6 Å². The van der Waals surface area contributed by atoms with Crippen molar-refractivity contribution in [3.05, 3.63) is 27.8 Å². The summed E-state index contributed by atoms with van der Waals surface area (Å²) >= 11 is 2.14. The van der Waals surface area contributed by atoms with Crippen LogP contribution in [0.3, 0.4) is 0 Å². The van der Waals surface area contributed by atoms with Crippen molar-refractivity contribution in [1.82, 2.24) is 4.90 Å². The van der Waals surface area contributed by atoms with Gasteiger partial charge < -0.3 is 9.64 Å². The van der Waals surface area contributed by atoms with Gasteiger partial charge in [-0.2, -0.15) is 0 Å². The van der Waals surface area contributed by atoms with Gasteiger partial charge in [-0.15, -0.1) is 0 Å². The molecule has 0 N–H and O–H groups in total. The molecule has 0 radical (unpaired) electrons. The molecule has 1 aliphatic rings. The highest BCUT2D eigenvalue weighted by Crippen LogP contribution is 2.25. The number of carbonyl (C=O) groups excluding carboxylic acids is 1. The van der Waals surface area contributed by atoms with Crippen molar-refractivity contribution in [1.29, 1.82) is 0 Å². The van der Waals surface area contributed by atoms with Gasteiger partial charge in [-0.05, 0) is 80.5 Å². The van der Waals surface area contributed by atoms with E-state index in [2.05, 4.69) is 22.6 Å². The Balaban J connectivity index is 2.14. The maximum atomic E-state index is 12.8. The first-order valence-corrected chi connectivity index (χ1v) is 10.2. The number of hydrogen-bond acceptors (Lipinski definition) is 4. The Hall–Kier alpha value is -0.830. The summed E-state index contributed by atoms with van der Waals surface area (Å²) in [6.45, 7) is 6.12. The molecule has 7 heteroatoms. The molecule has 5 nitrogen and oxygen atoms in total. The van der Waals surface area contributed by atoms with Crippen LogP contribution in [0.25, 0.3) is 0 Å². The summed E-state index contributed by atoms with van der Waals surface area (Å²) in [5.41, 5.74) is -0.584. The second-order valence-corrected chi connectivity index (χ2v) is 10.2. The van der Waals surface area contributed by atoms with Crippen LogP contribution in [0.15, 0.2) is 29.2 Å². The minimum atomic E-state index is -3.44. The van der Waals surface area contributed by atoms with Crippen molar-refractivity contribution in [3.63, 3.8) is 0 Å². The van der Waals surface area contributed by atoms with Crippen LogP contribution in [0, 0.1) is 3.57 Å². The van der Waals surface area contributed by atoms with Crippen LogP contribution in [-0.4, -0.2) is 43.4 Å². The zero-order chi connectivity index (χ0) is 17.3. The molecule has 0 spiro atoms. The lowest BCUT2D eigenvalue weighted by Crippen LogP contribution is -2.47. The highest BCUT2D eigenvalue weighted by atomic mass is 127. The van der Waals surface area contributed by atoms with Crippen molar-refractivity contribution in [2.75, 3.05) is 13.1 Å². The largest absolute Gasteiger partial charge is 0.444 e. The van der Waals surface area contributed by atoms with Crippen LogP contribution in [0.1, 0.15) is 33.6 Å². The summed E-state index contributed by atoms with van der Waals surface area (Å²) in [7, 11) is -3.44. The molecule has 1 heterocycles. The molecule has 1 fully saturated rings. The Kier molecular flexibility index (Phi) is 5.60. The summed E-state index contributed by atoms with van der Waals surface area (Å²) in [5, 5.41) is -0.580. The maximum absolute atomic E-state index is 12.8. The van der Waals surface area contributed by atoms with Crippen LogP contribution in [0.4, 0.5) is 4.79 Å². The van der Waals surface area contributed by atoms with Gasteiger partial charge in [0.1, 0.15) is 5.60 Å². The van der Waals surface area contributed by atoms with Gasteiger partial charge in [-0.25, -0.2) is 13.2 Å². The summed E-state index contributed by atoms with van der Waals surface area (Å²) in [6, 6.07) is 6.82. The van der Waals surface area contributed by atoms with E-state index >= 15 is 0 Å². The average Bonchev–Trinajstić information content (AvgIpc) is 2.46. The SMILES string of the molecule is CC(C)(C)OC(=O)N1CCCC(S(=O)(=O)c2ccc(I)cc2)C1. The van der Waals surface area contributed by atoms with Gasteiger partial charge in [-0.3, -0.25) is 0 Å². The molecule has 23 heavy (non-hydrogen) atoms. The van der Waals surface area contributed by atoms with Gasteiger partial charge in [0.25, 0.3) is 0 Å². The lowest BCUT2D eigenvalue weighted by molar-refractivity contribution is 0.0219. The third kappa shape index (κ3) is 4.82. The monoisotopic (exact) mass is 451 g/mol. The highest BCUT2D eigenvalue weighted by molar-refractivity contribution is 14.1. The zero-order valence-corrected chi connectivity index (χ0v) is 16.6. The van der Waals surface area contributed by atoms with Crippen molar-refractivity contribution in [3.8, 4) is 0 Å². The van der Waals surface area contributed by atoms with E-state index in [0.29, 0.717) is 24.3 Å². The predicted molar refractivity (Wildman–Crippen MR) is 97.2 cm³/mol. The summed E-state index contributed by atoms with van der Waals surface area (Å²) in [4.78, 5) is 14.0. The number of amides is 1. The van der Waals surface area contributed by atoms with Crippen LogP contribution >= 0.6 is 22.6 Å². The van der Waals surface area contributed by atoms with Gasteiger partial charge in [-0.1, -0.05) is 0 Å². The zero-order valence-electron chi connectivity index (χ0n) is 13.6. The predicted octanol–water partition coefficient (Wildman–Crippen LogP) is 3.46. The van der Waals surface area contributed by atoms with E-state index in [-0.39, 0.29) is 6.54 Å². The molecule has 1 atom stereocenters. The molecule has 1 aromatic carbocycles. The van der Waals surface area contributed by atoms with Gasteiger partial charge in [0.2, 0.25) is 0 Å². The number of piperidine rings is 1. The fraction of sp³-hybridized carbons (Fsp3) is 0.562. The van der Waals surface area contributed by atoms with Crippen molar-refractivity contribution in [2.24, 2.45) is 0 Å². The van der Waals surface area contributed by atoms with E-state index in [4.69, 9.17) is 4.74 Å². The minimum absolute atomic E-state index is 0.184. The molecule has 0 bridgehead atoms. The fourth-order valence-electron chi connectivity index (χ4n) is 2.50. The van der Waals surface area contributed by atoms with Crippen LogP contribution in [0.2, 0.25) is 0 Å². The maximum Gasteiger partial charge on any atom is 0.410 e. The first-order valence-electron chi connectivity index (χ1n) is 7.57. The lowest BCUT2D eigenvalue weighted by Gasteiger charge is -2.33. The number of likely N-dealkylation sites (tertiary alicyclic amines) is 1. The molecule has 0 aliphatic carbocycles. The van der Waals surface area contributed by atoms with Crippen LogP contribution < -0.4 is 0 Å². The Morgan fingerprint density at radius 3 is 2.43 bits per heavy atom. The van der Waals surface area contributed by atoms with E-state index in [1.54, 1.807) is 45.0 Å². The summed E-state index contributed by atoms with van der Waals surface area (Å²) < 4.78 is 31.9. The van der Waals surface area contributed by atoms with Gasteiger partial charge in [0.05, 0.1) is 10.1 Å². The smallest absolute Gasteiger partial charge is 0.410 e. The molecule has 1 aliphatic heterocycles. The standard InChI is InChI=1S/C16H22INO4S/c1-16(2,3)22-15(19)18-10-4-5-14(11-18)23(20,21)13-8-6-12(17)7-9-13/h6-9,14H,4-5,10-11H2,1-3H3. The molecule has 1 aromatic rings. The van der Waals surface area contributed by atoms with Crippen LogP contribution in [0.5, 0.6) is 0 Å². The molecule has 0 saturated carbocycles. The topological polar surface area (TPSA) is 63.7 Å². The molecule has 1 saturated heterocycles. The Labute approximate surface area is 151 Å². The minimum Gasteiger partial charge on any atom is -0.444 e. The van der Waals surface area contributed by atoms with E-state index < -0.39 is 26.8 Å². The number of carbonyl (C=O) groups is 1. The quantitative estimate of drug-likeness (QED) is 0.647. The van der Waals surface area contributed by atoms with E-state index in [1.807, 2.05) is 0 Å². The summed E-state index contributed by atoms with van der Waals surface area (Å²) in [5.74, 6) is 0. The van der Waals surface area contributed by atoms with Crippen molar-refractivity contribution >= 4 is 38.5 Å². The van der Waals surface area contributed by atoms with Crippen molar-refractivity contribution in [2.45, 2.75) is 49.4 Å². The fourth-order valence-corrected chi connectivity index (χ4v) is 4.61. The second kappa shape index (κ2) is 6.96. The summed E-state index contributed by atoms with van der Waals surface area (Å²) in [6.07, 6.45) is 0.779. The third-order valence-electron chi connectivity index (χ3n) is 3.61. The Morgan fingerprint density at radius 1 is 1.26 bits per heavy atom. The van der Waals surface area contributed by atoms with E-state index in [0.717, 1.165) is 3.57 Å². The molecule has 128 valence electrons. The van der Waals surface area contributed by atoms with Crippen molar-refractivity contribution < 1.29 is 17.9 Å². The number of benzene rings is 1. The number of ether oxygens (including phenoxy) is 1. The first kappa shape index (κ1) is 18.5. The lowest BCUT2D eigenvalue weighted by atomic mass is 10.1. The molecule has 1 unspecified atom stereocenters. The molecular formula is C16H22INO4S. The molecular weight excluding hydrogens is 429 g/mol. The number of hydrogen-bond donors (Lipinski definition) is 0. The first-order chi connectivity index (χ1) is 10.6. The number of sulfone groups is 1. The van der Waals surface area contributed by atoms with E-state index in [1.165, 1.54) is 4.90 Å². The Bertz CT molecular complexity index is 664. The number of halogens is 1. The average molecular weight is 451 g/mol. The normalized spacial score (nSPS) is 19.5. The number of nitrogens with zero attached hydrogens (tertiary/aromatic N) is 1. The third-order valence-corrected chi connectivity index (χ3v) is 6.52.